The molecule has 2 nitrogen and oxygen atoms in total. The van der Waals surface area contributed by atoms with E-state index in [2.05, 4.69) is 52.3 Å². The number of alkyl halides is 1. The number of benzene rings is 1. The van der Waals surface area contributed by atoms with Crippen LogP contribution in [0.3, 0.4) is 0 Å². The van der Waals surface area contributed by atoms with E-state index in [9.17, 15) is 0 Å². The number of hydrogen-bond donors (Lipinski definition) is 0. The average Bonchev–Trinajstić information content (AvgIpc) is 2.98. The molecule has 2 heterocycles. The number of nitrogens with zero attached hydrogens (tertiary/aromatic N) is 2. The lowest BCUT2D eigenvalue weighted by Crippen LogP contribution is -2.20. The maximum atomic E-state index is 5.79. The summed E-state index contributed by atoms with van der Waals surface area (Å²) in [7, 11) is 0. The van der Waals surface area contributed by atoms with Crippen LogP contribution >= 0.6 is 11.6 Å². The van der Waals surface area contributed by atoms with Crippen molar-refractivity contribution in [2.24, 2.45) is 0 Å². The Labute approximate surface area is 119 Å². The number of pyridine rings is 1. The van der Waals surface area contributed by atoms with Crippen LogP contribution in [-0.2, 0) is 5.88 Å². The lowest BCUT2D eigenvalue weighted by atomic mass is 9.99. The van der Waals surface area contributed by atoms with E-state index in [0.29, 0.717) is 11.8 Å². The molecule has 1 aromatic carbocycles. The molecule has 0 saturated carbocycles. The SMILES string of the molecule is ClCc1ccc(N2CCC(c3ccccc3)C2)nc1. The quantitative estimate of drug-likeness (QED) is 0.790. The third kappa shape index (κ3) is 2.74. The largest absolute Gasteiger partial charge is 0.356 e. The van der Waals surface area contributed by atoms with Gasteiger partial charge in [0.2, 0.25) is 0 Å². The fourth-order valence-corrected chi connectivity index (χ4v) is 2.81. The highest BCUT2D eigenvalue weighted by molar-refractivity contribution is 6.17. The van der Waals surface area contributed by atoms with E-state index in [4.69, 9.17) is 11.6 Å². The van der Waals surface area contributed by atoms with Gasteiger partial charge < -0.3 is 4.90 Å². The Balaban J connectivity index is 1.71. The number of halogens is 1. The third-order valence-electron chi connectivity index (χ3n) is 3.75. The maximum absolute atomic E-state index is 5.79. The van der Waals surface area contributed by atoms with E-state index < -0.39 is 0 Å². The maximum Gasteiger partial charge on any atom is 0.128 e. The van der Waals surface area contributed by atoms with Gasteiger partial charge in [-0.2, -0.15) is 0 Å². The molecule has 0 radical (unpaired) electrons. The topological polar surface area (TPSA) is 16.1 Å². The van der Waals surface area contributed by atoms with Gasteiger partial charge in [0.15, 0.2) is 0 Å². The lowest BCUT2D eigenvalue weighted by molar-refractivity contribution is 0.774. The Morgan fingerprint density at radius 3 is 2.68 bits per heavy atom. The zero-order valence-corrected chi connectivity index (χ0v) is 11.6. The van der Waals surface area contributed by atoms with E-state index in [1.54, 1.807) is 0 Å². The summed E-state index contributed by atoms with van der Waals surface area (Å²) < 4.78 is 0. The van der Waals surface area contributed by atoms with Gasteiger partial charge in [-0.05, 0) is 23.6 Å². The number of hydrogen-bond acceptors (Lipinski definition) is 2. The van der Waals surface area contributed by atoms with E-state index in [1.807, 2.05) is 6.20 Å². The van der Waals surface area contributed by atoms with Crippen molar-refractivity contribution in [1.29, 1.82) is 0 Å². The van der Waals surface area contributed by atoms with Crippen LogP contribution in [0, 0.1) is 0 Å². The first-order chi connectivity index (χ1) is 9.36. The molecule has 19 heavy (non-hydrogen) atoms. The van der Waals surface area contributed by atoms with Crippen molar-refractivity contribution in [3.8, 4) is 0 Å². The first kappa shape index (κ1) is 12.5. The summed E-state index contributed by atoms with van der Waals surface area (Å²) in [5.74, 6) is 2.21. The Morgan fingerprint density at radius 2 is 2.00 bits per heavy atom. The van der Waals surface area contributed by atoms with Crippen molar-refractivity contribution >= 4 is 17.4 Å². The summed E-state index contributed by atoms with van der Waals surface area (Å²) in [4.78, 5) is 6.86. The minimum Gasteiger partial charge on any atom is -0.356 e. The molecule has 0 spiro atoms. The molecule has 1 unspecified atom stereocenters. The Morgan fingerprint density at radius 1 is 1.16 bits per heavy atom. The molecule has 1 aliphatic rings. The van der Waals surface area contributed by atoms with Gasteiger partial charge in [0.25, 0.3) is 0 Å². The summed E-state index contributed by atoms with van der Waals surface area (Å²) >= 11 is 5.79. The normalized spacial score (nSPS) is 18.8. The predicted octanol–water partition coefficient (Wildman–Crippen LogP) is 3.81. The molecular formula is C16H17ClN2. The zero-order chi connectivity index (χ0) is 13.1. The number of rotatable bonds is 3. The van der Waals surface area contributed by atoms with Crippen LogP contribution in [0.1, 0.15) is 23.5 Å². The van der Waals surface area contributed by atoms with Crippen molar-refractivity contribution in [1.82, 2.24) is 4.98 Å². The molecule has 1 aromatic heterocycles. The highest BCUT2D eigenvalue weighted by Crippen LogP contribution is 2.29. The summed E-state index contributed by atoms with van der Waals surface area (Å²) in [6.45, 7) is 2.13. The zero-order valence-electron chi connectivity index (χ0n) is 10.8. The van der Waals surface area contributed by atoms with Gasteiger partial charge in [0.05, 0.1) is 0 Å². The summed E-state index contributed by atoms with van der Waals surface area (Å²) in [5.41, 5.74) is 2.51. The second-order valence-corrected chi connectivity index (χ2v) is 5.27. The smallest absolute Gasteiger partial charge is 0.128 e. The number of aromatic nitrogens is 1. The molecule has 1 aliphatic heterocycles. The first-order valence-electron chi connectivity index (χ1n) is 6.67. The van der Waals surface area contributed by atoms with Crippen LogP contribution in [0.5, 0.6) is 0 Å². The minimum absolute atomic E-state index is 0.528. The second-order valence-electron chi connectivity index (χ2n) is 5.00. The molecule has 0 N–H and O–H groups in total. The van der Waals surface area contributed by atoms with E-state index in [-0.39, 0.29) is 0 Å². The van der Waals surface area contributed by atoms with Gasteiger partial charge in [-0.25, -0.2) is 4.98 Å². The van der Waals surface area contributed by atoms with Crippen LogP contribution in [-0.4, -0.2) is 18.1 Å². The van der Waals surface area contributed by atoms with Crippen LogP contribution in [0.2, 0.25) is 0 Å². The van der Waals surface area contributed by atoms with E-state index in [0.717, 1.165) is 24.5 Å². The molecule has 3 rings (SSSR count). The van der Waals surface area contributed by atoms with Gasteiger partial charge in [-0.3, -0.25) is 0 Å². The number of anilines is 1. The van der Waals surface area contributed by atoms with Gasteiger partial charge in [0.1, 0.15) is 5.82 Å². The fraction of sp³-hybridized carbons (Fsp3) is 0.312. The van der Waals surface area contributed by atoms with Crippen LogP contribution < -0.4 is 4.90 Å². The fourth-order valence-electron chi connectivity index (χ4n) is 2.65. The van der Waals surface area contributed by atoms with Gasteiger partial charge >= 0.3 is 0 Å². The first-order valence-corrected chi connectivity index (χ1v) is 7.21. The van der Waals surface area contributed by atoms with Gasteiger partial charge in [-0.15, -0.1) is 11.6 Å². The van der Waals surface area contributed by atoms with Crippen LogP contribution in [0.4, 0.5) is 5.82 Å². The molecule has 3 heteroatoms. The molecule has 2 aromatic rings. The predicted molar refractivity (Wildman–Crippen MR) is 79.8 cm³/mol. The van der Waals surface area contributed by atoms with Crippen LogP contribution in [0.25, 0.3) is 0 Å². The van der Waals surface area contributed by atoms with Crippen molar-refractivity contribution in [3.63, 3.8) is 0 Å². The van der Waals surface area contributed by atoms with Crippen LogP contribution in [0.15, 0.2) is 48.7 Å². The highest BCUT2D eigenvalue weighted by atomic mass is 35.5. The Bertz CT molecular complexity index is 524. The third-order valence-corrected chi connectivity index (χ3v) is 4.06. The molecule has 98 valence electrons. The molecule has 0 aliphatic carbocycles. The van der Waals surface area contributed by atoms with Gasteiger partial charge in [-0.1, -0.05) is 36.4 Å². The standard InChI is InChI=1S/C16H17ClN2/c17-10-13-6-7-16(18-11-13)19-9-8-15(12-19)14-4-2-1-3-5-14/h1-7,11,15H,8-10,12H2. The molecule has 0 amide bonds. The highest BCUT2D eigenvalue weighted by Gasteiger charge is 2.24. The van der Waals surface area contributed by atoms with E-state index >= 15 is 0 Å². The lowest BCUT2D eigenvalue weighted by Gasteiger charge is -2.17. The van der Waals surface area contributed by atoms with Crippen molar-refractivity contribution < 1.29 is 0 Å². The van der Waals surface area contributed by atoms with Crippen molar-refractivity contribution in [2.75, 3.05) is 18.0 Å². The molecule has 1 atom stereocenters. The summed E-state index contributed by atoms with van der Waals surface area (Å²) in [6.07, 6.45) is 3.07. The molecular weight excluding hydrogens is 256 g/mol. The van der Waals surface area contributed by atoms with Crippen molar-refractivity contribution in [3.05, 3.63) is 59.8 Å². The van der Waals surface area contributed by atoms with Crippen molar-refractivity contribution in [2.45, 2.75) is 18.2 Å². The Kier molecular flexibility index (Phi) is 3.69. The monoisotopic (exact) mass is 272 g/mol. The molecule has 1 saturated heterocycles. The molecule has 1 fully saturated rings. The van der Waals surface area contributed by atoms with E-state index in [1.165, 1.54) is 12.0 Å². The summed E-state index contributed by atoms with van der Waals surface area (Å²) in [5, 5.41) is 0. The Hall–Kier alpha value is -1.54. The average molecular weight is 273 g/mol. The van der Waals surface area contributed by atoms with Gasteiger partial charge in [0, 0.05) is 31.1 Å². The second kappa shape index (κ2) is 5.62. The molecule has 0 bridgehead atoms. The summed E-state index contributed by atoms with van der Waals surface area (Å²) in [6, 6.07) is 14.9. The minimum atomic E-state index is 0.528.